The third-order valence-corrected chi connectivity index (χ3v) is 2.40. The zero-order valence-electron chi connectivity index (χ0n) is 8.21. The Morgan fingerprint density at radius 1 is 1.47 bits per heavy atom. The summed E-state index contributed by atoms with van der Waals surface area (Å²) in [5, 5.41) is 1.23. The van der Waals surface area contributed by atoms with Crippen molar-refractivity contribution in [3.8, 4) is 5.75 Å². The SMILES string of the molecule is CCOc1cccc2c(Cl)cc(=O)[nH]c12. The first kappa shape index (κ1) is 10.1. The molecule has 0 atom stereocenters. The molecule has 0 saturated carbocycles. The molecule has 3 nitrogen and oxygen atoms in total. The molecule has 2 aromatic rings. The van der Waals surface area contributed by atoms with Gasteiger partial charge in [-0.2, -0.15) is 0 Å². The second-order valence-corrected chi connectivity index (χ2v) is 3.50. The molecular formula is C11H10ClNO2. The van der Waals surface area contributed by atoms with Gasteiger partial charge in [0.15, 0.2) is 0 Å². The molecule has 1 aromatic carbocycles. The molecule has 2 rings (SSSR count). The van der Waals surface area contributed by atoms with Gasteiger partial charge in [-0.25, -0.2) is 0 Å². The number of hydrogen-bond donors (Lipinski definition) is 1. The van der Waals surface area contributed by atoms with E-state index in [1.54, 1.807) is 6.07 Å². The highest BCUT2D eigenvalue weighted by molar-refractivity contribution is 6.35. The monoisotopic (exact) mass is 223 g/mol. The second-order valence-electron chi connectivity index (χ2n) is 3.09. The molecule has 0 radical (unpaired) electrons. The minimum Gasteiger partial charge on any atom is -0.492 e. The Morgan fingerprint density at radius 3 is 3.00 bits per heavy atom. The minimum atomic E-state index is -0.223. The van der Waals surface area contributed by atoms with Gasteiger partial charge < -0.3 is 9.72 Å². The Hall–Kier alpha value is -1.48. The lowest BCUT2D eigenvalue weighted by molar-refractivity contribution is 0.343. The summed E-state index contributed by atoms with van der Waals surface area (Å²) in [7, 11) is 0. The van der Waals surface area contributed by atoms with E-state index < -0.39 is 0 Å². The maximum absolute atomic E-state index is 11.3. The van der Waals surface area contributed by atoms with E-state index in [1.807, 2.05) is 19.1 Å². The highest BCUT2D eigenvalue weighted by Crippen LogP contribution is 2.27. The van der Waals surface area contributed by atoms with Gasteiger partial charge in [-0.15, -0.1) is 0 Å². The Kier molecular flexibility index (Phi) is 2.64. The third-order valence-electron chi connectivity index (χ3n) is 2.09. The molecule has 0 aliphatic heterocycles. The molecule has 4 heteroatoms. The molecule has 0 amide bonds. The zero-order chi connectivity index (χ0) is 10.8. The molecule has 78 valence electrons. The van der Waals surface area contributed by atoms with Crippen LogP contribution in [0.4, 0.5) is 0 Å². The predicted molar refractivity (Wildman–Crippen MR) is 60.7 cm³/mol. The van der Waals surface area contributed by atoms with Crippen LogP contribution in [0, 0.1) is 0 Å². The number of para-hydroxylation sites is 1. The van der Waals surface area contributed by atoms with E-state index >= 15 is 0 Å². The first-order valence-corrected chi connectivity index (χ1v) is 5.04. The quantitative estimate of drug-likeness (QED) is 0.850. The highest BCUT2D eigenvalue weighted by atomic mass is 35.5. The van der Waals surface area contributed by atoms with E-state index in [0.717, 1.165) is 5.39 Å². The molecule has 0 unspecified atom stereocenters. The van der Waals surface area contributed by atoms with Crippen LogP contribution in [0.25, 0.3) is 10.9 Å². The fraction of sp³-hybridized carbons (Fsp3) is 0.182. The number of benzene rings is 1. The molecule has 1 N–H and O–H groups in total. The van der Waals surface area contributed by atoms with Crippen molar-refractivity contribution in [2.45, 2.75) is 6.92 Å². The van der Waals surface area contributed by atoms with Crippen LogP contribution in [0.3, 0.4) is 0 Å². The van der Waals surface area contributed by atoms with E-state index in [0.29, 0.717) is 22.9 Å². The van der Waals surface area contributed by atoms with Gasteiger partial charge in [0, 0.05) is 11.5 Å². The molecule has 0 spiro atoms. The third kappa shape index (κ3) is 1.83. The maximum Gasteiger partial charge on any atom is 0.250 e. The average molecular weight is 224 g/mol. The van der Waals surface area contributed by atoms with Crippen molar-refractivity contribution in [2.75, 3.05) is 6.61 Å². The maximum atomic E-state index is 11.3. The smallest absolute Gasteiger partial charge is 0.250 e. The van der Waals surface area contributed by atoms with Crippen molar-refractivity contribution >= 4 is 22.5 Å². The van der Waals surface area contributed by atoms with Crippen LogP contribution in [-0.2, 0) is 0 Å². The average Bonchev–Trinajstić information content (AvgIpc) is 2.19. The number of fused-ring (bicyclic) bond motifs is 1. The van der Waals surface area contributed by atoms with Gasteiger partial charge in [0.05, 0.1) is 17.1 Å². The standard InChI is InChI=1S/C11H10ClNO2/c1-2-15-9-5-3-4-7-8(12)6-10(14)13-11(7)9/h3-6H,2H2,1H3,(H,13,14). The van der Waals surface area contributed by atoms with Gasteiger partial charge in [0.1, 0.15) is 5.75 Å². The lowest BCUT2D eigenvalue weighted by Gasteiger charge is -2.07. The lowest BCUT2D eigenvalue weighted by Crippen LogP contribution is -2.05. The first-order valence-electron chi connectivity index (χ1n) is 4.66. The fourth-order valence-corrected chi connectivity index (χ4v) is 1.74. The van der Waals surface area contributed by atoms with E-state index in [4.69, 9.17) is 16.3 Å². The summed E-state index contributed by atoms with van der Waals surface area (Å²) in [5.41, 5.74) is 0.427. The number of H-pyrrole nitrogens is 1. The Labute approximate surface area is 91.6 Å². The van der Waals surface area contributed by atoms with Crippen LogP contribution in [0.1, 0.15) is 6.92 Å². The lowest BCUT2D eigenvalue weighted by atomic mass is 10.2. The number of aromatic amines is 1. The van der Waals surface area contributed by atoms with Crippen LogP contribution < -0.4 is 10.3 Å². The van der Waals surface area contributed by atoms with Crippen LogP contribution >= 0.6 is 11.6 Å². The van der Waals surface area contributed by atoms with Crippen molar-refractivity contribution in [3.63, 3.8) is 0 Å². The van der Waals surface area contributed by atoms with Crippen LogP contribution in [-0.4, -0.2) is 11.6 Å². The minimum absolute atomic E-state index is 0.223. The number of hydrogen-bond acceptors (Lipinski definition) is 2. The number of nitrogens with one attached hydrogen (secondary N) is 1. The van der Waals surface area contributed by atoms with E-state index in [2.05, 4.69) is 4.98 Å². The summed E-state index contributed by atoms with van der Waals surface area (Å²) in [4.78, 5) is 14.0. The number of ether oxygens (including phenoxy) is 1. The van der Waals surface area contributed by atoms with Gasteiger partial charge in [-0.05, 0) is 13.0 Å². The van der Waals surface area contributed by atoms with Gasteiger partial charge in [-0.3, -0.25) is 4.79 Å². The van der Waals surface area contributed by atoms with Crippen LogP contribution in [0.15, 0.2) is 29.1 Å². The summed E-state index contributed by atoms with van der Waals surface area (Å²) >= 11 is 5.96. The van der Waals surface area contributed by atoms with Crippen molar-refractivity contribution in [2.24, 2.45) is 0 Å². The summed E-state index contributed by atoms with van der Waals surface area (Å²) in [6.45, 7) is 2.44. The number of aromatic nitrogens is 1. The number of pyridine rings is 1. The molecule has 1 heterocycles. The van der Waals surface area contributed by atoms with Crippen LogP contribution in [0.5, 0.6) is 5.75 Å². The van der Waals surface area contributed by atoms with Gasteiger partial charge in [0.2, 0.25) is 5.56 Å². The van der Waals surface area contributed by atoms with Gasteiger partial charge in [0.25, 0.3) is 0 Å². The molecular weight excluding hydrogens is 214 g/mol. The molecule has 0 bridgehead atoms. The first-order chi connectivity index (χ1) is 7.22. The largest absolute Gasteiger partial charge is 0.492 e. The molecule has 0 aliphatic carbocycles. The summed E-state index contributed by atoms with van der Waals surface area (Å²) < 4.78 is 5.40. The second kappa shape index (κ2) is 3.95. The van der Waals surface area contributed by atoms with Crippen molar-refractivity contribution < 1.29 is 4.74 Å². The Balaban J connectivity index is 2.78. The molecule has 15 heavy (non-hydrogen) atoms. The van der Waals surface area contributed by atoms with E-state index in [-0.39, 0.29) is 5.56 Å². The highest BCUT2D eigenvalue weighted by Gasteiger charge is 2.05. The number of rotatable bonds is 2. The van der Waals surface area contributed by atoms with E-state index in [9.17, 15) is 4.79 Å². The molecule has 0 saturated heterocycles. The van der Waals surface area contributed by atoms with E-state index in [1.165, 1.54) is 6.07 Å². The topological polar surface area (TPSA) is 42.1 Å². The van der Waals surface area contributed by atoms with Gasteiger partial charge in [-0.1, -0.05) is 23.7 Å². The summed E-state index contributed by atoms with van der Waals surface area (Å²) in [6.07, 6.45) is 0. The van der Waals surface area contributed by atoms with Crippen LogP contribution in [0.2, 0.25) is 5.02 Å². The molecule has 1 aromatic heterocycles. The van der Waals surface area contributed by atoms with Crippen molar-refractivity contribution in [3.05, 3.63) is 39.6 Å². The zero-order valence-corrected chi connectivity index (χ0v) is 8.97. The van der Waals surface area contributed by atoms with Gasteiger partial charge >= 0.3 is 0 Å². The normalized spacial score (nSPS) is 10.5. The fourth-order valence-electron chi connectivity index (χ4n) is 1.49. The molecule has 0 fully saturated rings. The van der Waals surface area contributed by atoms with Crippen molar-refractivity contribution in [1.82, 2.24) is 4.98 Å². The summed E-state index contributed by atoms with van der Waals surface area (Å²) in [6, 6.07) is 6.85. The predicted octanol–water partition coefficient (Wildman–Crippen LogP) is 2.58. The number of halogens is 1. The summed E-state index contributed by atoms with van der Waals surface area (Å²) in [5.74, 6) is 0.648. The Bertz CT molecular complexity index is 548. The van der Waals surface area contributed by atoms with Crippen molar-refractivity contribution in [1.29, 1.82) is 0 Å². The molecule has 0 aliphatic rings. The Morgan fingerprint density at radius 2 is 2.27 bits per heavy atom.